The molecule has 0 saturated carbocycles. The van der Waals surface area contributed by atoms with Gasteiger partial charge in [-0.05, 0) is 38.3 Å². The molecule has 0 aromatic rings. The highest BCUT2D eigenvalue weighted by Gasteiger charge is 2.25. The lowest BCUT2D eigenvalue weighted by molar-refractivity contribution is -0.147. The lowest BCUT2D eigenvalue weighted by Gasteiger charge is -2.31. The zero-order valence-corrected chi connectivity index (χ0v) is 10.2. The van der Waals surface area contributed by atoms with Crippen molar-refractivity contribution in [2.45, 2.75) is 33.1 Å². The lowest BCUT2D eigenvalue weighted by Crippen LogP contribution is -2.39. The molecule has 0 bridgehead atoms. The van der Waals surface area contributed by atoms with Crippen molar-refractivity contribution >= 4 is 5.97 Å². The fourth-order valence-electron chi connectivity index (χ4n) is 2.06. The van der Waals surface area contributed by atoms with Crippen LogP contribution >= 0.6 is 0 Å². The van der Waals surface area contributed by atoms with Crippen LogP contribution in [0.4, 0.5) is 0 Å². The molecule has 3 heteroatoms. The summed E-state index contributed by atoms with van der Waals surface area (Å²) in [7, 11) is 1.48. The van der Waals surface area contributed by atoms with E-state index in [2.05, 4.69) is 18.7 Å². The first-order valence-electron chi connectivity index (χ1n) is 5.93. The Hall–Kier alpha value is -0.570. The molecule has 0 aromatic heterocycles. The van der Waals surface area contributed by atoms with Gasteiger partial charge in [0.05, 0.1) is 13.0 Å². The first kappa shape index (κ1) is 12.5. The van der Waals surface area contributed by atoms with Gasteiger partial charge < -0.3 is 9.64 Å². The molecule has 1 atom stereocenters. The van der Waals surface area contributed by atoms with Crippen molar-refractivity contribution in [3.63, 3.8) is 0 Å². The number of methoxy groups -OCH3 is 1. The molecule has 0 radical (unpaired) electrons. The average molecular weight is 213 g/mol. The lowest BCUT2D eigenvalue weighted by atomic mass is 9.97. The number of hydrogen-bond donors (Lipinski definition) is 0. The third-order valence-electron chi connectivity index (χ3n) is 3.06. The molecule has 1 fully saturated rings. The number of nitrogens with zero attached hydrogens (tertiary/aromatic N) is 1. The number of hydrogen-bond acceptors (Lipinski definition) is 3. The molecular formula is C12H23NO2. The van der Waals surface area contributed by atoms with Crippen LogP contribution in [0.15, 0.2) is 0 Å². The number of piperidine rings is 1. The molecule has 0 aromatic carbocycles. The minimum absolute atomic E-state index is 0.0377. The zero-order chi connectivity index (χ0) is 11.3. The Kier molecular flexibility index (Phi) is 5.09. The molecule has 1 heterocycles. The third kappa shape index (κ3) is 4.20. The predicted octanol–water partition coefficient (Wildman–Crippen LogP) is 1.92. The Morgan fingerprint density at radius 2 is 2.27 bits per heavy atom. The van der Waals surface area contributed by atoms with Gasteiger partial charge in [0.25, 0.3) is 0 Å². The summed E-state index contributed by atoms with van der Waals surface area (Å²) in [6.45, 7) is 7.62. The van der Waals surface area contributed by atoms with E-state index in [0.717, 1.165) is 38.4 Å². The smallest absolute Gasteiger partial charge is 0.309 e. The number of esters is 1. The highest BCUT2D eigenvalue weighted by Crippen LogP contribution is 2.18. The molecule has 0 unspecified atom stereocenters. The van der Waals surface area contributed by atoms with Gasteiger partial charge in [-0.15, -0.1) is 0 Å². The van der Waals surface area contributed by atoms with Gasteiger partial charge in [-0.2, -0.15) is 0 Å². The van der Waals surface area contributed by atoms with Crippen LogP contribution in [0.3, 0.4) is 0 Å². The summed E-state index contributed by atoms with van der Waals surface area (Å²) in [5.41, 5.74) is 0. The molecule has 1 aliphatic rings. The maximum atomic E-state index is 11.4. The van der Waals surface area contributed by atoms with Crippen LogP contribution in [-0.4, -0.2) is 37.6 Å². The average Bonchev–Trinajstić information content (AvgIpc) is 2.25. The second-order valence-corrected chi connectivity index (χ2v) is 4.85. The molecule has 0 N–H and O–H groups in total. The summed E-state index contributed by atoms with van der Waals surface area (Å²) in [6, 6.07) is 0. The molecule has 0 aliphatic carbocycles. The van der Waals surface area contributed by atoms with Crippen LogP contribution in [0, 0.1) is 11.8 Å². The van der Waals surface area contributed by atoms with Crippen molar-refractivity contribution in [2.75, 3.05) is 26.7 Å². The molecule has 0 amide bonds. The van der Waals surface area contributed by atoms with Gasteiger partial charge in [-0.25, -0.2) is 0 Å². The monoisotopic (exact) mass is 213 g/mol. The SMILES string of the molecule is COC(=O)[C@H]1CCCN(CCC(C)C)C1. The largest absolute Gasteiger partial charge is 0.469 e. The van der Waals surface area contributed by atoms with Crippen LogP contribution in [0.5, 0.6) is 0 Å². The minimum Gasteiger partial charge on any atom is -0.469 e. The second-order valence-electron chi connectivity index (χ2n) is 4.85. The van der Waals surface area contributed by atoms with E-state index >= 15 is 0 Å². The van der Waals surface area contributed by atoms with Crippen LogP contribution < -0.4 is 0 Å². The highest BCUT2D eigenvalue weighted by molar-refractivity contribution is 5.72. The van der Waals surface area contributed by atoms with Crippen molar-refractivity contribution in [1.82, 2.24) is 4.90 Å². The Labute approximate surface area is 92.8 Å². The van der Waals surface area contributed by atoms with E-state index in [4.69, 9.17) is 4.74 Å². The number of rotatable bonds is 4. The van der Waals surface area contributed by atoms with E-state index in [9.17, 15) is 4.79 Å². The molecular weight excluding hydrogens is 190 g/mol. The number of likely N-dealkylation sites (tertiary alicyclic amines) is 1. The van der Waals surface area contributed by atoms with Crippen molar-refractivity contribution in [1.29, 1.82) is 0 Å². The summed E-state index contributed by atoms with van der Waals surface area (Å²) in [4.78, 5) is 13.8. The first-order chi connectivity index (χ1) is 7.13. The number of ether oxygens (including phenoxy) is 1. The fourth-order valence-corrected chi connectivity index (χ4v) is 2.06. The quantitative estimate of drug-likeness (QED) is 0.668. The topological polar surface area (TPSA) is 29.5 Å². The maximum Gasteiger partial charge on any atom is 0.309 e. The zero-order valence-electron chi connectivity index (χ0n) is 10.2. The van der Waals surface area contributed by atoms with E-state index in [0.29, 0.717) is 0 Å². The van der Waals surface area contributed by atoms with Crippen molar-refractivity contribution in [3.8, 4) is 0 Å². The number of carbonyl (C=O) groups excluding carboxylic acids is 1. The summed E-state index contributed by atoms with van der Waals surface area (Å²) in [6.07, 6.45) is 3.33. The summed E-state index contributed by atoms with van der Waals surface area (Å²) in [5, 5.41) is 0. The fraction of sp³-hybridized carbons (Fsp3) is 0.917. The van der Waals surface area contributed by atoms with E-state index < -0.39 is 0 Å². The maximum absolute atomic E-state index is 11.4. The van der Waals surface area contributed by atoms with Gasteiger partial charge >= 0.3 is 5.97 Å². The third-order valence-corrected chi connectivity index (χ3v) is 3.06. The van der Waals surface area contributed by atoms with Gasteiger partial charge in [0.1, 0.15) is 0 Å². The summed E-state index contributed by atoms with van der Waals surface area (Å²) in [5.74, 6) is 0.809. The Balaban J connectivity index is 2.32. The Morgan fingerprint density at radius 1 is 1.53 bits per heavy atom. The molecule has 1 saturated heterocycles. The van der Waals surface area contributed by atoms with E-state index in [1.54, 1.807) is 0 Å². The summed E-state index contributed by atoms with van der Waals surface area (Å²) < 4.78 is 4.80. The van der Waals surface area contributed by atoms with Crippen molar-refractivity contribution in [3.05, 3.63) is 0 Å². The molecule has 1 aliphatic heterocycles. The van der Waals surface area contributed by atoms with Gasteiger partial charge in [0.2, 0.25) is 0 Å². The molecule has 3 nitrogen and oxygen atoms in total. The minimum atomic E-state index is -0.0377. The van der Waals surface area contributed by atoms with Crippen molar-refractivity contribution < 1.29 is 9.53 Å². The standard InChI is InChI=1S/C12H23NO2/c1-10(2)6-8-13-7-4-5-11(9-13)12(14)15-3/h10-11H,4-9H2,1-3H3/t11-/m0/s1. The molecule has 0 spiro atoms. The highest BCUT2D eigenvalue weighted by atomic mass is 16.5. The van der Waals surface area contributed by atoms with Crippen LogP contribution in [-0.2, 0) is 9.53 Å². The van der Waals surface area contributed by atoms with Gasteiger partial charge in [-0.1, -0.05) is 13.8 Å². The van der Waals surface area contributed by atoms with E-state index in [-0.39, 0.29) is 11.9 Å². The normalized spacial score (nSPS) is 23.1. The van der Waals surface area contributed by atoms with Gasteiger partial charge in [-0.3, -0.25) is 4.79 Å². The van der Waals surface area contributed by atoms with Crippen LogP contribution in [0.1, 0.15) is 33.1 Å². The van der Waals surface area contributed by atoms with E-state index in [1.165, 1.54) is 13.5 Å². The molecule has 1 rings (SSSR count). The summed E-state index contributed by atoms with van der Waals surface area (Å²) >= 11 is 0. The Bertz CT molecular complexity index is 204. The van der Waals surface area contributed by atoms with Gasteiger partial charge in [0.15, 0.2) is 0 Å². The first-order valence-corrected chi connectivity index (χ1v) is 5.93. The number of carbonyl (C=O) groups is 1. The van der Waals surface area contributed by atoms with Gasteiger partial charge in [0, 0.05) is 6.54 Å². The second kappa shape index (κ2) is 6.11. The van der Waals surface area contributed by atoms with Crippen LogP contribution in [0.2, 0.25) is 0 Å². The molecule has 15 heavy (non-hydrogen) atoms. The van der Waals surface area contributed by atoms with Crippen LogP contribution in [0.25, 0.3) is 0 Å². The van der Waals surface area contributed by atoms with E-state index in [1.807, 2.05) is 0 Å². The Morgan fingerprint density at radius 3 is 2.87 bits per heavy atom. The predicted molar refractivity (Wildman–Crippen MR) is 60.6 cm³/mol. The molecule has 88 valence electrons. The van der Waals surface area contributed by atoms with Crippen molar-refractivity contribution in [2.24, 2.45) is 11.8 Å².